The number of hydrogen-bond donors (Lipinski definition) is 3. The first-order valence-corrected chi connectivity index (χ1v) is 5.91. The van der Waals surface area contributed by atoms with Crippen LogP contribution < -0.4 is 16.6 Å². The van der Waals surface area contributed by atoms with Crippen LogP contribution in [0.3, 0.4) is 0 Å². The van der Waals surface area contributed by atoms with Gasteiger partial charge in [0, 0.05) is 6.20 Å². The molecule has 1 aromatic carbocycles. The SMILES string of the molecule is O=c1[nH]cc(Nc2c([N+](=O)[O-])cc([N+](=O)[O-])cc2[N+](=O)[O-])c(=O)[nH]1. The van der Waals surface area contributed by atoms with E-state index in [9.17, 15) is 39.9 Å². The zero-order valence-corrected chi connectivity index (χ0v) is 11.3. The van der Waals surface area contributed by atoms with Crippen molar-refractivity contribution in [3.63, 3.8) is 0 Å². The molecule has 0 unspecified atom stereocenters. The molecule has 0 amide bonds. The van der Waals surface area contributed by atoms with E-state index < -0.39 is 54.5 Å². The molecule has 0 saturated carbocycles. The van der Waals surface area contributed by atoms with E-state index in [1.807, 2.05) is 4.98 Å². The maximum Gasteiger partial charge on any atom is 0.325 e. The van der Waals surface area contributed by atoms with Gasteiger partial charge >= 0.3 is 17.1 Å². The highest BCUT2D eigenvalue weighted by molar-refractivity contribution is 5.80. The number of benzene rings is 1. The lowest BCUT2D eigenvalue weighted by molar-refractivity contribution is -0.401. The third kappa shape index (κ3) is 3.06. The average Bonchev–Trinajstić information content (AvgIpc) is 2.49. The zero-order chi connectivity index (χ0) is 18.0. The van der Waals surface area contributed by atoms with Crippen molar-refractivity contribution in [1.82, 2.24) is 9.97 Å². The van der Waals surface area contributed by atoms with Crippen LogP contribution in [0.5, 0.6) is 0 Å². The third-order valence-electron chi connectivity index (χ3n) is 2.76. The number of hydrogen-bond acceptors (Lipinski definition) is 9. The van der Waals surface area contributed by atoms with E-state index in [2.05, 4.69) is 10.3 Å². The van der Waals surface area contributed by atoms with Gasteiger partial charge in [-0.1, -0.05) is 0 Å². The van der Waals surface area contributed by atoms with Gasteiger partial charge < -0.3 is 10.3 Å². The molecule has 0 radical (unpaired) electrons. The van der Waals surface area contributed by atoms with Crippen LogP contribution in [0.15, 0.2) is 27.9 Å². The summed E-state index contributed by atoms with van der Waals surface area (Å²) in [5.41, 5.74) is -5.88. The quantitative estimate of drug-likeness (QED) is 0.512. The first kappa shape index (κ1) is 16.3. The molecular weight excluding hydrogens is 332 g/mol. The summed E-state index contributed by atoms with van der Waals surface area (Å²) in [6, 6.07) is 1.02. The average molecular weight is 338 g/mol. The van der Waals surface area contributed by atoms with Crippen molar-refractivity contribution in [2.45, 2.75) is 0 Å². The molecule has 1 aromatic heterocycles. The Hall–Kier alpha value is -4.10. The van der Waals surface area contributed by atoms with Crippen molar-refractivity contribution in [3.05, 3.63) is 69.5 Å². The smallest absolute Gasteiger partial charge is 0.325 e. The molecule has 2 aromatic rings. The normalized spacial score (nSPS) is 10.2. The molecule has 0 saturated heterocycles. The van der Waals surface area contributed by atoms with E-state index in [1.54, 1.807) is 0 Å². The number of anilines is 2. The fourth-order valence-corrected chi connectivity index (χ4v) is 1.76. The van der Waals surface area contributed by atoms with E-state index >= 15 is 0 Å². The van der Waals surface area contributed by atoms with Gasteiger partial charge in [0.05, 0.1) is 26.9 Å². The van der Waals surface area contributed by atoms with Gasteiger partial charge in [0.15, 0.2) is 5.69 Å². The minimum absolute atomic E-state index is 0.436. The van der Waals surface area contributed by atoms with Gasteiger partial charge in [0.25, 0.3) is 11.2 Å². The summed E-state index contributed by atoms with van der Waals surface area (Å²) in [6.07, 6.45) is 0.843. The van der Waals surface area contributed by atoms with Gasteiger partial charge in [-0.2, -0.15) is 0 Å². The van der Waals surface area contributed by atoms with E-state index in [4.69, 9.17) is 0 Å². The Balaban J connectivity index is 2.72. The molecule has 0 aliphatic heterocycles. The Morgan fingerprint density at radius 2 is 1.46 bits per heavy atom. The maximum atomic E-state index is 11.6. The number of nitrogens with one attached hydrogen (secondary N) is 3. The van der Waals surface area contributed by atoms with Crippen molar-refractivity contribution in [3.8, 4) is 0 Å². The predicted octanol–water partition coefficient (Wildman–Crippen LogP) is 0.531. The lowest BCUT2D eigenvalue weighted by atomic mass is 10.2. The Kier molecular flexibility index (Phi) is 4.04. The second kappa shape index (κ2) is 5.95. The van der Waals surface area contributed by atoms with Gasteiger partial charge in [0.2, 0.25) is 0 Å². The summed E-state index contributed by atoms with van der Waals surface area (Å²) in [5.74, 6) is 0. The van der Waals surface area contributed by atoms with Gasteiger partial charge in [-0.25, -0.2) is 4.79 Å². The number of H-pyrrole nitrogens is 2. The van der Waals surface area contributed by atoms with E-state index in [0.29, 0.717) is 12.1 Å². The number of non-ortho nitro benzene ring substituents is 1. The molecule has 124 valence electrons. The third-order valence-corrected chi connectivity index (χ3v) is 2.76. The fraction of sp³-hybridized carbons (Fsp3) is 0. The van der Waals surface area contributed by atoms with Crippen LogP contribution in [-0.4, -0.2) is 24.7 Å². The molecule has 24 heavy (non-hydrogen) atoms. The van der Waals surface area contributed by atoms with Crippen molar-refractivity contribution >= 4 is 28.4 Å². The Morgan fingerprint density at radius 3 is 1.88 bits per heavy atom. The molecule has 0 bridgehead atoms. The highest BCUT2D eigenvalue weighted by atomic mass is 16.6. The standard InChI is InChI=1S/C10H6N6O8/c17-9-5(3-11-10(18)13-9)12-8-6(15(21)22)1-4(14(19)20)2-7(8)16(23)24/h1-3,12H,(H2,11,13,17,18). The molecule has 0 fully saturated rings. The van der Waals surface area contributed by atoms with Crippen molar-refractivity contribution < 1.29 is 14.8 Å². The van der Waals surface area contributed by atoms with Crippen LogP contribution in [0.1, 0.15) is 0 Å². The Morgan fingerprint density at radius 1 is 0.917 bits per heavy atom. The second-order valence-electron chi connectivity index (χ2n) is 4.24. The summed E-state index contributed by atoms with van der Waals surface area (Å²) in [4.78, 5) is 56.1. The molecule has 2 rings (SSSR count). The maximum absolute atomic E-state index is 11.6. The van der Waals surface area contributed by atoms with Crippen LogP contribution in [0.2, 0.25) is 0 Å². The first-order chi connectivity index (χ1) is 11.2. The number of aromatic nitrogens is 2. The monoisotopic (exact) mass is 338 g/mol. The van der Waals surface area contributed by atoms with E-state index in [0.717, 1.165) is 6.20 Å². The molecular formula is C10H6N6O8. The molecule has 0 atom stereocenters. The Labute approximate surface area is 129 Å². The number of rotatable bonds is 5. The Bertz CT molecular complexity index is 941. The molecule has 14 nitrogen and oxygen atoms in total. The molecule has 0 aliphatic rings. The summed E-state index contributed by atoms with van der Waals surface area (Å²) >= 11 is 0. The molecule has 3 N–H and O–H groups in total. The van der Waals surface area contributed by atoms with Crippen LogP contribution in [0.4, 0.5) is 28.4 Å². The molecule has 0 aliphatic carbocycles. The summed E-state index contributed by atoms with van der Waals surface area (Å²) < 4.78 is 0. The fourth-order valence-electron chi connectivity index (χ4n) is 1.76. The predicted molar refractivity (Wildman–Crippen MR) is 77.4 cm³/mol. The largest absolute Gasteiger partial charge is 0.338 e. The molecule has 1 heterocycles. The topological polar surface area (TPSA) is 207 Å². The van der Waals surface area contributed by atoms with Gasteiger partial charge in [-0.05, 0) is 0 Å². The summed E-state index contributed by atoms with van der Waals surface area (Å²) in [5, 5.41) is 35.1. The van der Waals surface area contributed by atoms with Crippen LogP contribution in [0.25, 0.3) is 0 Å². The second-order valence-corrected chi connectivity index (χ2v) is 4.24. The lowest BCUT2D eigenvalue weighted by Gasteiger charge is -2.06. The van der Waals surface area contributed by atoms with Crippen molar-refractivity contribution in [2.75, 3.05) is 5.32 Å². The minimum atomic E-state index is -1.08. The highest BCUT2D eigenvalue weighted by Crippen LogP contribution is 2.39. The highest BCUT2D eigenvalue weighted by Gasteiger charge is 2.31. The van der Waals surface area contributed by atoms with Crippen molar-refractivity contribution in [1.29, 1.82) is 0 Å². The van der Waals surface area contributed by atoms with Gasteiger partial charge in [0.1, 0.15) is 5.69 Å². The van der Waals surface area contributed by atoms with Crippen LogP contribution in [0, 0.1) is 30.3 Å². The molecule has 0 spiro atoms. The summed E-state index contributed by atoms with van der Waals surface area (Å²) in [7, 11) is 0. The zero-order valence-electron chi connectivity index (χ0n) is 11.3. The van der Waals surface area contributed by atoms with E-state index in [-0.39, 0.29) is 0 Å². The van der Waals surface area contributed by atoms with Gasteiger partial charge in [-0.3, -0.25) is 40.1 Å². The lowest BCUT2D eigenvalue weighted by Crippen LogP contribution is -2.23. The van der Waals surface area contributed by atoms with Crippen LogP contribution >= 0.6 is 0 Å². The van der Waals surface area contributed by atoms with Crippen LogP contribution in [-0.2, 0) is 0 Å². The molecule has 14 heteroatoms. The van der Waals surface area contributed by atoms with Gasteiger partial charge in [-0.15, -0.1) is 0 Å². The first-order valence-electron chi connectivity index (χ1n) is 5.91. The number of aromatic amines is 2. The summed E-state index contributed by atoms with van der Waals surface area (Å²) in [6.45, 7) is 0. The number of nitro groups is 3. The number of nitrogens with zero attached hydrogens (tertiary/aromatic N) is 3. The number of nitro benzene ring substituents is 3. The minimum Gasteiger partial charge on any atom is -0.338 e. The van der Waals surface area contributed by atoms with Crippen molar-refractivity contribution in [2.24, 2.45) is 0 Å². The van der Waals surface area contributed by atoms with E-state index in [1.165, 1.54) is 0 Å².